The summed E-state index contributed by atoms with van der Waals surface area (Å²) in [4.78, 5) is 12.5. The molecule has 0 unspecified atom stereocenters. The summed E-state index contributed by atoms with van der Waals surface area (Å²) in [5.74, 6) is 1.43. The van der Waals surface area contributed by atoms with Crippen LogP contribution < -0.4 is 9.47 Å². The molecular formula is C16H15BrO3. The van der Waals surface area contributed by atoms with Crippen LogP contribution in [-0.4, -0.2) is 20.0 Å². The summed E-state index contributed by atoms with van der Waals surface area (Å²) in [6.07, 6.45) is 0. The van der Waals surface area contributed by atoms with E-state index in [4.69, 9.17) is 9.47 Å². The minimum Gasteiger partial charge on any atom is -0.497 e. The number of ether oxygens (including phenoxy) is 2. The lowest BCUT2D eigenvalue weighted by molar-refractivity contribution is 0.103. The highest BCUT2D eigenvalue weighted by Gasteiger charge is 2.14. The fourth-order valence-electron chi connectivity index (χ4n) is 1.95. The molecule has 0 amide bonds. The van der Waals surface area contributed by atoms with Crippen LogP contribution in [0.2, 0.25) is 0 Å². The monoisotopic (exact) mass is 334 g/mol. The molecule has 0 aliphatic rings. The van der Waals surface area contributed by atoms with E-state index in [-0.39, 0.29) is 5.78 Å². The lowest BCUT2D eigenvalue weighted by Crippen LogP contribution is -2.04. The van der Waals surface area contributed by atoms with Crippen molar-refractivity contribution in [2.45, 2.75) is 6.92 Å². The third-order valence-electron chi connectivity index (χ3n) is 3.10. The number of ketones is 1. The molecule has 0 aliphatic carbocycles. The highest BCUT2D eigenvalue weighted by molar-refractivity contribution is 9.10. The van der Waals surface area contributed by atoms with Gasteiger partial charge in [-0.05, 0) is 64.8 Å². The van der Waals surface area contributed by atoms with Crippen LogP contribution in [0.3, 0.4) is 0 Å². The van der Waals surface area contributed by atoms with E-state index in [1.54, 1.807) is 44.6 Å². The fraction of sp³-hybridized carbons (Fsp3) is 0.188. The Morgan fingerprint density at radius 1 is 1.05 bits per heavy atom. The van der Waals surface area contributed by atoms with E-state index in [1.807, 2.05) is 13.0 Å². The molecule has 104 valence electrons. The molecule has 4 heteroatoms. The van der Waals surface area contributed by atoms with Gasteiger partial charge >= 0.3 is 0 Å². The van der Waals surface area contributed by atoms with E-state index in [2.05, 4.69) is 15.9 Å². The van der Waals surface area contributed by atoms with Gasteiger partial charge in [-0.2, -0.15) is 0 Å². The van der Waals surface area contributed by atoms with Gasteiger partial charge in [0, 0.05) is 11.1 Å². The van der Waals surface area contributed by atoms with Gasteiger partial charge < -0.3 is 9.47 Å². The SMILES string of the molecule is COc1ccc(C(=O)c2cc(Br)c(OC)cc2C)cc1. The number of halogens is 1. The molecule has 2 rings (SSSR count). The Balaban J connectivity index is 2.39. The van der Waals surface area contributed by atoms with Crippen LogP contribution in [0.25, 0.3) is 0 Å². The van der Waals surface area contributed by atoms with Crippen molar-refractivity contribution in [1.82, 2.24) is 0 Å². The summed E-state index contributed by atoms with van der Waals surface area (Å²) >= 11 is 3.41. The highest BCUT2D eigenvalue weighted by Crippen LogP contribution is 2.29. The molecule has 0 spiro atoms. The number of methoxy groups -OCH3 is 2. The Bertz CT molecular complexity index is 633. The van der Waals surface area contributed by atoms with Gasteiger partial charge in [0.1, 0.15) is 11.5 Å². The van der Waals surface area contributed by atoms with Crippen molar-refractivity contribution in [3.05, 3.63) is 57.6 Å². The standard InChI is InChI=1S/C16H15BrO3/c1-10-8-15(20-3)14(17)9-13(10)16(18)11-4-6-12(19-2)7-5-11/h4-9H,1-3H3. The van der Waals surface area contributed by atoms with E-state index in [1.165, 1.54) is 0 Å². The topological polar surface area (TPSA) is 35.5 Å². The Kier molecular flexibility index (Phi) is 4.45. The summed E-state index contributed by atoms with van der Waals surface area (Å²) in [5.41, 5.74) is 2.17. The van der Waals surface area contributed by atoms with Crippen LogP contribution in [0.15, 0.2) is 40.9 Å². The second-order valence-corrected chi connectivity index (χ2v) is 5.21. The minimum atomic E-state index is -0.0199. The molecule has 0 atom stereocenters. The number of carbonyl (C=O) groups is 1. The molecular weight excluding hydrogens is 320 g/mol. The van der Waals surface area contributed by atoms with Gasteiger partial charge in [-0.15, -0.1) is 0 Å². The Morgan fingerprint density at radius 2 is 1.70 bits per heavy atom. The van der Waals surface area contributed by atoms with Crippen LogP contribution in [-0.2, 0) is 0 Å². The van der Waals surface area contributed by atoms with Crippen molar-refractivity contribution >= 4 is 21.7 Å². The average Bonchev–Trinajstić information content (AvgIpc) is 2.48. The van der Waals surface area contributed by atoms with Gasteiger partial charge in [0.2, 0.25) is 0 Å². The normalized spacial score (nSPS) is 10.2. The smallest absolute Gasteiger partial charge is 0.193 e. The zero-order chi connectivity index (χ0) is 14.7. The highest BCUT2D eigenvalue weighted by atomic mass is 79.9. The number of hydrogen-bond donors (Lipinski definition) is 0. The number of benzene rings is 2. The van der Waals surface area contributed by atoms with Gasteiger partial charge in [0.15, 0.2) is 5.78 Å². The third kappa shape index (κ3) is 2.85. The molecule has 0 aromatic heterocycles. The van der Waals surface area contributed by atoms with Crippen molar-refractivity contribution in [2.75, 3.05) is 14.2 Å². The minimum absolute atomic E-state index is 0.0199. The first-order chi connectivity index (χ1) is 9.56. The van der Waals surface area contributed by atoms with Crippen molar-refractivity contribution in [1.29, 1.82) is 0 Å². The van der Waals surface area contributed by atoms with Crippen LogP contribution in [0.4, 0.5) is 0 Å². The third-order valence-corrected chi connectivity index (χ3v) is 3.72. The molecule has 0 radical (unpaired) electrons. The summed E-state index contributed by atoms with van der Waals surface area (Å²) in [5, 5.41) is 0. The van der Waals surface area contributed by atoms with E-state index < -0.39 is 0 Å². The maximum atomic E-state index is 12.5. The maximum absolute atomic E-state index is 12.5. The van der Waals surface area contributed by atoms with Crippen molar-refractivity contribution < 1.29 is 14.3 Å². The first-order valence-corrected chi connectivity index (χ1v) is 6.89. The second-order valence-electron chi connectivity index (χ2n) is 4.36. The van der Waals surface area contributed by atoms with E-state index in [0.29, 0.717) is 16.9 Å². The molecule has 0 saturated heterocycles. The van der Waals surface area contributed by atoms with Gasteiger partial charge in [-0.1, -0.05) is 0 Å². The summed E-state index contributed by atoms with van der Waals surface area (Å²) < 4.78 is 11.1. The largest absolute Gasteiger partial charge is 0.497 e. The summed E-state index contributed by atoms with van der Waals surface area (Å²) in [7, 11) is 3.20. The molecule has 3 nitrogen and oxygen atoms in total. The molecule has 0 bridgehead atoms. The Morgan fingerprint density at radius 3 is 2.25 bits per heavy atom. The van der Waals surface area contributed by atoms with Gasteiger partial charge in [-0.3, -0.25) is 4.79 Å². The second kappa shape index (κ2) is 6.09. The number of hydrogen-bond acceptors (Lipinski definition) is 3. The fourth-order valence-corrected chi connectivity index (χ4v) is 2.46. The maximum Gasteiger partial charge on any atom is 0.193 e. The predicted molar refractivity (Wildman–Crippen MR) is 81.9 cm³/mol. The molecule has 2 aromatic carbocycles. The molecule has 0 N–H and O–H groups in total. The van der Waals surface area contributed by atoms with E-state index >= 15 is 0 Å². The molecule has 0 heterocycles. The quantitative estimate of drug-likeness (QED) is 0.792. The Labute approximate surface area is 126 Å². The van der Waals surface area contributed by atoms with E-state index in [0.717, 1.165) is 15.8 Å². The van der Waals surface area contributed by atoms with Crippen molar-refractivity contribution in [3.8, 4) is 11.5 Å². The van der Waals surface area contributed by atoms with Gasteiger partial charge in [0.25, 0.3) is 0 Å². The lowest BCUT2D eigenvalue weighted by atomic mass is 9.99. The van der Waals surface area contributed by atoms with Crippen LogP contribution >= 0.6 is 15.9 Å². The number of carbonyl (C=O) groups excluding carboxylic acids is 1. The molecule has 0 saturated carbocycles. The predicted octanol–water partition coefficient (Wildman–Crippen LogP) is 4.01. The molecule has 0 aliphatic heterocycles. The first-order valence-electron chi connectivity index (χ1n) is 6.09. The lowest BCUT2D eigenvalue weighted by Gasteiger charge is -2.10. The van der Waals surface area contributed by atoms with Crippen molar-refractivity contribution in [2.24, 2.45) is 0 Å². The zero-order valence-corrected chi connectivity index (χ0v) is 13.2. The van der Waals surface area contributed by atoms with Gasteiger partial charge in [0.05, 0.1) is 18.7 Å². The van der Waals surface area contributed by atoms with E-state index in [9.17, 15) is 4.79 Å². The first kappa shape index (κ1) is 14.6. The molecule has 0 fully saturated rings. The van der Waals surface area contributed by atoms with Gasteiger partial charge in [-0.25, -0.2) is 0 Å². The van der Waals surface area contributed by atoms with Crippen LogP contribution in [0, 0.1) is 6.92 Å². The van der Waals surface area contributed by atoms with Crippen LogP contribution in [0.1, 0.15) is 21.5 Å². The summed E-state index contributed by atoms with van der Waals surface area (Å²) in [6.45, 7) is 1.89. The number of aryl methyl sites for hydroxylation is 1. The molecule has 20 heavy (non-hydrogen) atoms. The van der Waals surface area contributed by atoms with Crippen LogP contribution in [0.5, 0.6) is 11.5 Å². The Hall–Kier alpha value is -1.81. The zero-order valence-electron chi connectivity index (χ0n) is 11.6. The average molecular weight is 335 g/mol. The molecule has 2 aromatic rings. The van der Waals surface area contributed by atoms with Crippen molar-refractivity contribution in [3.63, 3.8) is 0 Å². The number of rotatable bonds is 4. The summed E-state index contributed by atoms with van der Waals surface area (Å²) in [6, 6.07) is 10.7.